The minimum Gasteiger partial charge on any atom is -0.423 e. The van der Waals surface area contributed by atoms with E-state index < -0.39 is 17.4 Å². The third-order valence-corrected chi connectivity index (χ3v) is 10.6. The summed E-state index contributed by atoms with van der Waals surface area (Å²) in [6.45, 7) is 3.82. The van der Waals surface area contributed by atoms with E-state index in [2.05, 4.69) is 0 Å². The van der Waals surface area contributed by atoms with Crippen LogP contribution in [0, 0.1) is 43.9 Å². The van der Waals surface area contributed by atoms with Crippen LogP contribution in [-0.2, 0) is 28.4 Å². The zero-order chi connectivity index (χ0) is 32.1. The Hall–Kier alpha value is -3.13. The molecule has 6 rings (SSSR count). The number of nitrogens with zero attached hydrogens (tertiary/aromatic N) is 2. The van der Waals surface area contributed by atoms with Crippen LogP contribution in [0.15, 0.2) is 46.8 Å². The van der Waals surface area contributed by atoms with E-state index in [1.807, 2.05) is 0 Å². The first kappa shape index (κ1) is 32.8. The maximum Gasteiger partial charge on any atom is 0.510 e. The van der Waals surface area contributed by atoms with Gasteiger partial charge in [0.05, 0.1) is 36.3 Å². The topological polar surface area (TPSA) is 159 Å². The van der Waals surface area contributed by atoms with Crippen LogP contribution in [-0.4, -0.2) is 80.1 Å². The molecule has 13 nitrogen and oxygen atoms in total. The summed E-state index contributed by atoms with van der Waals surface area (Å²) in [6, 6.07) is 0. The van der Waals surface area contributed by atoms with Crippen molar-refractivity contribution in [3.8, 4) is 0 Å². The smallest absolute Gasteiger partial charge is 0.423 e. The molecule has 0 spiro atoms. The van der Waals surface area contributed by atoms with Gasteiger partial charge in [-0.1, -0.05) is 0 Å². The van der Waals surface area contributed by atoms with Crippen LogP contribution in [0.5, 0.6) is 0 Å². The van der Waals surface area contributed by atoms with E-state index >= 15 is 0 Å². The van der Waals surface area contributed by atoms with Gasteiger partial charge in [-0.15, -0.1) is 0 Å². The maximum absolute atomic E-state index is 14.1. The summed E-state index contributed by atoms with van der Waals surface area (Å²) in [5, 5.41) is 24.3. The molecule has 46 heavy (non-hydrogen) atoms. The third-order valence-electron chi connectivity index (χ3n) is 10.6. The largest absolute Gasteiger partial charge is 0.510 e. The van der Waals surface area contributed by atoms with Crippen molar-refractivity contribution in [2.45, 2.75) is 75.4 Å². The lowest BCUT2D eigenvalue weighted by Crippen LogP contribution is -2.51. The van der Waals surface area contributed by atoms with Gasteiger partial charge in [0.1, 0.15) is 11.2 Å². The molecule has 4 fully saturated rings. The summed E-state index contributed by atoms with van der Waals surface area (Å²) >= 11 is 0. The fourth-order valence-electron chi connectivity index (χ4n) is 8.09. The molecule has 6 aliphatic rings. The highest BCUT2D eigenvalue weighted by molar-refractivity contribution is 5.63. The fraction of sp³-hybridized carbons (Fsp3) is 0.727. The molecule has 0 aromatic rings. The van der Waals surface area contributed by atoms with Crippen molar-refractivity contribution in [3.63, 3.8) is 0 Å². The van der Waals surface area contributed by atoms with E-state index in [4.69, 9.17) is 28.4 Å². The van der Waals surface area contributed by atoms with Gasteiger partial charge in [-0.3, -0.25) is 20.2 Å². The molecule has 0 bridgehead atoms. The Morgan fingerprint density at radius 2 is 1.04 bits per heavy atom. The lowest BCUT2D eigenvalue weighted by molar-refractivity contribution is -0.421. The normalized spacial score (nSPS) is 35.5. The van der Waals surface area contributed by atoms with Crippen molar-refractivity contribution in [1.82, 2.24) is 0 Å². The molecule has 4 heterocycles. The van der Waals surface area contributed by atoms with Crippen LogP contribution < -0.4 is 0 Å². The van der Waals surface area contributed by atoms with Gasteiger partial charge >= 0.3 is 6.16 Å². The second-order valence-corrected chi connectivity index (χ2v) is 13.4. The van der Waals surface area contributed by atoms with Gasteiger partial charge in [0.25, 0.3) is 11.4 Å². The Morgan fingerprint density at radius 3 is 1.37 bits per heavy atom. The van der Waals surface area contributed by atoms with Gasteiger partial charge in [-0.2, -0.15) is 0 Å². The summed E-state index contributed by atoms with van der Waals surface area (Å²) in [4.78, 5) is 37.7. The van der Waals surface area contributed by atoms with Crippen molar-refractivity contribution < 1.29 is 43.1 Å². The lowest BCUT2D eigenvalue weighted by Gasteiger charge is -2.45. The van der Waals surface area contributed by atoms with Crippen LogP contribution in [0.25, 0.3) is 0 Å². The highest BCUT2D eigenvalue weighted by Crippen LogP contribution is 2.47. The zero-order valence-electron chi connectivity index (χ0n) is 26.2. The van der Waals surface area contributed by atoms with Gasteiger partial charge in [-0.05, 0) is 63.5 Å². The molecule has 4 saturated heterocycles. The summed E-state index contributed by atoms with van der Waals surface area (Å²) in [7, 11) is 0. The van der Waals surface area contributed by atoms with Gasteiger partial charge in [-0.25, -0.2) is 4.79 Å². The SMILES string of the molecule is O=C(OC1(C2CCCOC2)C=CC([N+](=O)[O-])=C(C2CCCOC2)C1)OC1(C2CCCOC2)C=CC([N+](=O)[O-])=C(C2CCCOC2)C1. The number of hydrogen-bond acceptors (Lipinski definition) is 11. The third kappa shape index (κ3) is 6.92. The first-order valence-electron chi connectivity index (χ1n) is 16.7. The van der Waals surface area contributed by atoms with E-state index in [1.54, 1.807) is 12.2 Å². The molecule has 0 N–H and O–H groups in total. The molecular formula is C33H44N2O11. The fourth-order valence-corrected chi connectivity index (χ4v) is 8.09. The predicted octanol–water partition coefficient (Wildman–Crippen LogP) is 5.31. The molecule has 6 atom stereocenters. The molecular weight excluding hydrogens is 600 g/mol. The number of allylic oxidation sites excluding steroid dienone is 2. The summed E-state index contributed by atoms with van der Waals surface area (Å²) in [6.07, 6.45) is 11.6. The van der Waals surface area contributed by atoms with Crippen molar-refractivity contribution in [1.29, 1.82) is 0 Å². The van der Waals surface area contributed by atoms with Crippen LogP contribution in [0.3, 0.4) is 0 Å². The molecule has 2 aliphatic carbocycles. The minimum atomic E-state index is -1.23. The number of carbonyl (C=O) groups excluding carboxylic acids is 1. The highest BCUT2D eigenvalue weighted by Gasteiger charge is 2.51. The first-order chi connectivity index (χ1) is 22.3. The summed E-state index contributed by atoms with van der Waals surface area (Å²) < 4.78 is 35.8. The molecule has 0 radical (unpaired) electrons. The quantitative estimate of drug-likeness (QED) is 0.192. The summed E-state index contributed by atoms with van der Waals surface area (Å²) in [5.74, 6) is -0.824. The van der Waals surface area contributed by atoms with E-state index in [0.29, 0.717) is 76.8 Å². The number of hydrogen-bond donors (Lipinski definition) is 0. The van der Waals surface area contributed by atoms with E-state index in [-0.39, 0.29) is 57.8 Å². The van der Waals surface area contributed by atoms with Crippen LogP contribution in [0.4, 0.5) is 4.79 Å². The monoisotopic (exact) mass is 644 g/mol. The lowest BCUT2D eigenvalue weighted by atomic mass is 9.72. The molecule has 13 heteroatoms. The molecule has 4 aliphatic heterocycles. The molecule has 0 aromatic heterocycles. The summed E-state index contributed by atoms with van der Waals surface area (Å²) in [5.41, 5.74) is -1.21. The Balaban J connectivity index is 1.31. The van der Waals surface area contributed by atoms with Gasteiger partial charge in [0.15, 0.2) is 0 Å². The second-order valence-electron chi connectivity index (χ2n) is 13.4. The minimum absolute atomic E-state index is 0.0163. The van der Waals surface area contributed by atoms with Crippen molar-refractivity contribution in [2.75, 3.05) is 52.9 Å². The van der Waals surface area contributed by atoms with E-state index in [0.717, 1.165) is 38.5 Å². The Morgan fingerprint density at radius 1 is 0.652 bits per heavy atom. The second kappa shape index (κ2) is 14.3. The van der Waals surface area contributed by atoms with E-state index in [1.165, 1.54) is 12.2 Å². The number of rotatable bonds is 8. The van der Waals surface area contributed by atoms with Crippen LogP contribution in [0.1, 0.15) is 64.2 Å². The van der Waals surface area contributed by atoms with Crippen molar-refractivity contribution in [2.24, 2.45) is 23.7 Å². The van der Waals surface area contributed by atoms with Crippen LogP contribution >= 0.6 is 0 Å². The standard InChI is InChI=1S/C33H44N2O11/c36-31(45-32(25-7-3-15-43-21-25)11-9-29(34(37)38)27(17-32)23-5-1-13-41-19-23)46-33(26-8-4-16-44-22-26)12-10-30(35(39)40)28(18-33)24-6-2-14-42-20-24/h9-12,23-26H,1-8,13-22H2. The number of nitro groups is 2. The molecule has 0 saturated carbocycles. The number of ether oxygens (including phenoxy) is 6. The van der Waals surface area contributed by atoms with E-state index in [9.17, 15) is 25.0 Å². The average Bonchev–Trinajstić information content (AvgIpc) is 3.09. The molecule has 252 valence electrons. The van der Waals surface area contributed by atoms with Crippen LogP contribution in [0.2, 0.25) is 0 Å². The first-order valence-corrected chi connectivity index (χ1v) is 16.7. The highest BCUT2D eigenvalue weighted by atomic mass is 16.7. The zero-order valence-corrected chi connectivity index (χ0v) is 26.2. The Labute approximate surface area is 268 Å². The average molecular weight is 645 g/mol. The Kier molecular flexibility index (Phi) is 10.2. The molecule has 6 unspecified atom stereocenters. The molecule has 0 aromatic carbocycles. The van der Waals surface area contributed by atoms with Crippen molar-refractivity contribution >= 4 is 6.16 Å². The maximum atomic E-state index is 14.1. The van der Waals surface area contributed by atoms with Gasteiger partial charge in [0.2, 0.25) is 0 Å². The predicted molar refractivity (Wildman–Crippen MR) is 163 cm³/mol. The Bertz CT molecular complexity index is 1190. The van der Waals surface area contributed by atoms with Gasteiger partial charge in [0, 0.05) is 86.2 Å². The number of carbonyl (C=O) groups is 1. The van der Waals surface area contributed by atoms with Crippen molar-refractivity contribution in [3.05, 3.63) is 67.1 Å². The van der Waals surface area contributed by atoms with Gasteiger partial charge < -0.3 is 28.4 Å². The molecule has 0 amide bonds.